The van der Waals surface area contributed by atoms with Gasteiger partial charge in [-0.05, 0) is 47.5 Å². The zero-order valence-electron chi connectivity index (χ0n) is 15.7. The number of carbonyl (C=O) groups is 1. The number of hydrogen-bond acceptors (Lipinski definition) is 6. The Labute approximate surface area is 169 Å². The van der Waals surface area contributed by atoms with Crippen LogP contribution in [0.15, 0.2) is 28.4 Å². The highest BCUT2D eigenvalue weighted by Crippen LogP contribution is 2.32. The molecule has 0 unspecified atom stereocenters. The van der Waals surface area contributed by atoms with Gasteiger partial charge >= 0.3 is 6.09 Å². The molecular formula is C20H19N5O3S. The molecule has 4 N–H and O–H groups in total. The van der Waals surface area contributed by atoms with E-state index in [1.807, 2.05) is 17.5 Å². The van der Waals surface area contributed by atoms with E-state index < -0.39 is 0 Å². The molecule has 0 bridgehead atoms. The predicted molar refractivity (Wildman–Crippen MR) is 113 cm³/mol. The first kappa shape index (κ1) is 17.7. The summed E-state index contributed by atoms with van der Waals surface area (Å²) in [7, 11) is 1.40. The van der Waals surface area contributed by atoms with Gasteiger partial charge in [-0.3, -0.25) is 4.79 Å². The summed E-state index contributed by atoms with van der Waals surface area (Å²) in [6.07, 6.45) is 1.16. The first-order valence-corrected chi connectivity index (χ1v) is 10.2. The van der Waals surface area contributed by atoms with Crippen LogP contribution < -0.4 is 11.3 Å². The molecule has 8 nitrogen and oxygen atoms in total. The van der Waals surface area contributed by atoms with Crippen LogP contribution in [0.5, 0.6) is 0 Å². The monoisotopic (exact) mass is 409 g/mol. The number of rotatable bonds is 1. The van der Waals surface area contributed by atoms with Gasteiger partial charge in [-0.25, -0.2) is 9.78 Å². The Hall–Kier alpha value is -3.33. The minimum absolute atomic E-state index is 0.261. The van der Waals surface area contributed by atoms with Crippen molar-refractivity contribution in [3.05, 3.63) is 45.1 Å². The minimum atomic E-state index is -0.303. The van der Waals surface area contributed by atoms with E-state index in [2.05, 4.69) is 21.0 Å². The van der Waals surface area contributed by atoms with Crippen LogP contribution in [0.25, 0.3) is 32.6 Å². The van der Waals surface area contributed by atoms with Crippen molar-refractivity contribution in [2.75, 3.05) is 25.9 Å². The Bertz CT molecular complexity index is 1270. The van der Waals surface area contributed by atoms with Crippen molar-refractivity contribution in [3.8, 4) is 11.4 Å². The van der Waals surface area contributed by atoms with Crippen LogP contribution >= 0.6 is 11.3 Å². The Morgan fingerprint density at radius 1 is 1.21 bits per heavy atom. The molecular weight excluding hydrogens is 390 g/mol. The summed E-state index contributed by atoms with van der Waals surface area (Å²) in [5.74, 6) is 0.463. The van der Waals surface area contributed by atoms with E-state index in [9.17, 15) is 9.59 Å². The number of H-pyrrole nitrogens is 2. The standard InChI is InChI=1S/C20H19N5O3S/c1-28-20(27)25-5-2-10-8-13-14(9-11(10)3-6-25)23-18(22-13)15-16(21)17-12(4-7-29-17)24-19(15)26/h4,7-9H,2-3,5-6H2,1H3,(H,22,23)(H3,21,24,26). The summed E-state index contributed by atoms with van der Waals surface area (Å²) in [5.41, 5.74) is 11.5. The molecule has 9 heteroatoms. The molecule has 148 valence electrons. The number of carbonyl (C=O) groups excluding carboxylic acids is 1. The van der Waals surface area contributed by atoms with E-state index in [0.29, 0.717) is 30.2 Å². The molecule has 0 saturated heterocycles. The number of hydrogen-bond donors (Lipinski definition) is 3. The fourth-order valence-electron chi connectivity index (χ4n) is 3.94. The average molecular weight is 409 g/mol. The summed E-state index contributed by atoms with van der Waals surface area (Å²) in [5, 5.41) is 1.90. The van der Waals surface area contributed by atoms with Crippen molar-refractivity contribution in [1.29, 1.82) is 0 Å². The number of nitrogens with one attached hydrogen (secondary N) is 2. The third-order valence-electron chi connectivity index (χ3n) is 5.43. The lowest BCUT2D eigenvalue weighted by Gasteiger charge is -2.17. The van der Waals surface area contributed by atoms with E-state index in [0.717, 1.165) is 45.2 Å². The van der Waals surface area contributed by atoms with Crippen LogP contribution in [-0.2, 0) is 17.6 Å². The van der Waals surface area contributed by atoms with Gasteiger partial charge in [0.15, 0.2) is 0 Å². The topological polar surface area (TPSA) is 117 Å². The molecule has 3 aromatic heterocycles. The first-order valence-electron chi connectivity index (χ1n) is 9.29. The maximum atomic E-state index is 12.6. The lowest BCUT2D eigenvalue weighted by Crippen LogP contribution is -2.33. The lowest BCUT2D eigenvalue weighted by atomic mass is 10.0. The van der Waals surface area contributed by atoms with Crippen molar-refractivity contribution < 1.29 is 9.53 Å². The summed E-state index contributed by atoms with van der Waals surface area (Å²) in [4.78, 5) is 36.9. The van der Waals surface area contributed by atoms with E-state index >= 15 is 0 Å². The van der Waals surface area contributed by atoms with Crippen molar-refractivity contribution in [3.63, 3.8) is 0 Å². The maximum absolute atomic E-state index is 12.6. The van der Waals surface area contributed by atoms with Gasteiger partial charge in [0.2, 0.25) is 0 Å². The van der Waals surface area contributed by atoms with E-state index in [4.69, 9.17) is 10.5 Å². The van der Waals surface area contributed by atoms with Crippen molar-refractivity contribution >= 4 is 44.4 Å². The van der Waals surface area contributed by atoms with Gasteiger partial charge in [0.05, 0.1) is 34.0 Å². The number of nitrogen functional groups attached to an aromatic ring is 1. The highest BCUT2D eigenvalue weighted by atomic mass is 32.1. The van der Waals surface area contributed by atoms with E-state index in [1.54, 1.807) is 4.90 Å². The predicted octanol–water partition coefficient (Wildman–Crippen LogP) is 2.88. The van der Waals surface area contributed by atoms with Crippen LogP contribution in [0.4, 0.5) is 10.5 Å². The number of benzene rings is 1. The van der Waals surface area contributed by atoms with Gasteiger partial charge in [0.25, 0.3) is 5.56 Å². The number of methoxy groups -OCH3 is 1. The SMILES string of the molecule is COC(=O)N1CCc2cc3nc(-c4c(N)c5sccc5[nH]c4=O)[nH]c3cc2CC1. The summed E-state index contributed by atoms with van der Waals surface area (Å²) >= 11 is 1.49. The first-order chi connectivity index (χ1) is 14.0. The number of nitrogens with zero attached hydrogens (tertiary/aromatic N) is 2. The third kappa shape index (κ3) is 2.85. The molecule has 4 heterocycles. The number of imidazole rings is 1. The number of thiophene rings is 1. The van der Waals surface area contributed by atoms with E-state index in [-0.39, 0.29) is 11.7 Å². The van der Waals surface area contributed by atoms with Crippen molar-refractivity contribution in [1.82, 2.24) is 19.9 Å². The number of ether oxygens (including phenoxy) is 1. The van der Waals surface area contributed by atoms with Crippen LogP contribution in [0.3, 0.4) is 0 Å². The highest BCUT2D eigenvalue weighted by molar-refractivity contribution is 7.17. The quantitative estimate of drug-likeness (QED) is 0.447. The molecule has 5 rings (SSSR count). The highest BCUT2D eigenvalue weighted by Gasteiger charge is 2.21. The van der Waals surface area contributed by atoms with Crippen LogP contribution in [0, 0.1) is 0 Å². The molecule has 0 aliphatic carbocycles. The largest absolute Gasteiger partial charge is 0.453 e. The van der Waals surface area contributed by atoms with Crippen molar-refractivity contribution in [2.24, 2.45) is 0 Å². The second kappa shape index (κ2) is 6.63. The number of nitrogens with two attached hydrogens (primary N) is 1. The second-order valence-corrected chi connectivity index (χ2v) is 8.00. The third-order valence-corrected chi connectivity index (χ3v) is 6.38. The number of fused-ring (bicyclic) bond motifs is 3. The van der Waals surface area contributed by atoms with Gasteiger partial charge in [0, 0.05) is 13.1 Å². The average Bonchev–Trinajstić information content (AvgIpc) is 3.28. The van der Waals surface area contributed by atoms with Crippen LogP contribution in [0.1, 0.15) is 11.1 Å². The minimum Gasteiger partial charge on any atom is -0.453 e. The molecule has 0 radical (unpaired) electrons. The zero-order valence-corrected chi connectivity index (χ0v) is 16.6. The number of aromatic nitrogens is 3. The van der Waals surface area contributed by atoms with Gasteiger partial charge in [-0.15, -0.1) is 11.3 Å². The summed E-state index contributed by atoms with van der Waals surface area (Å²) < 4.78 is 5.69. The Kier molecular flexibility index (Phi) is 4.06. The number of aromatic amines is 2. The van der Waals surface area contributed by atoms with Crippen LogP contribution in [0.2, 0.25) is 0 Å². The normalized spacial score (nSPS) is 14.2. The number of anilines is 1. The molecule has 0 fully saturated rings. The molecule has 1 amide bonds. The molecule has 4 aromatic rings. The zero-order chi connectivity index (χ0) is 20.1. The van der Waals surface area contributed by atoms with E-state index in [1.165, 1.54) is 18.4 Å². The van der Waals surface area contributed by atoms with Gasteiger partial charge in [-0.2, -0.15) is 0 Å². The molecule has 29 heavy (non-hydrogen) atoms. The lowest BCUT2D eigenvalue weighted by molar-refractivity contribution is 0.125. The summed E-state index contributed by atoms with van der Waals surface area (Å²) in [6, 6.07) is 5.92. The number of pyridine rings is 1. The Balaban J connectivity index is 1.57. The fraction of sp³-hybridized carbons (Fsp3) is 0.250. The summed E-state index contributed by atoms with van der Waals surface area (Å²) in [6.45, 7) is 1.21. The number of amides is 1. The Morgan fingerprint density at radius 3 is 2.72 bits per heavy atom. The molecule has 1 aliphatic heterocycles. The molecule has 0 saturated carbocycles. The van der Waals surface area contributed by atoms with Crippen LogP contribution in [-0.4, -0.2) is 46.1 Å². The fourth-order valence-corrected chi connectivity index (χ4v) is 4.75. The molecule has 0 spiro atoms. The van der Waals surface area contributed by atoms with Gasteiger partial charge in [-0.1, -0.05) is 0 Å². The molecule has 1 aliphatic rings. The van der Waals surface area contributed by atoms with Gasteiger partial charge in [0.1, 0.15) is 11.4 Å². The molecule has 1 aromatic carbocycles. The maximum Gasteiger partial charge on any atom is 0.409 e. The smallest absolute Gasteiger partial charge is 0.409 e. The Morgan fingerprint density at radius 2 is 1.97 bits per heavy atom. The van der Waals surface area contributed by atoms with Crippen molar-refractivity contribution in [2.45, 2.75) is 12.8 Å². The second-order valence-electron chi connectivity index (χ2n) is 7.09. The van der Waals surface area contributed by atoms with Gasteiger partial charge < -0.3 is 25.3 Å². The molecule has 0 atom stereocenters.